The predicted molar refractivity (Wildman–Crippen MR) is 74.4 cm³/mol. The van der Waals surface area contributed by atoms with Gasteiger partial charge in [0.25, 0.3) is 0 Å². The predicted octanol–water partition coefficient (Wildman–Crippen LogP) is 0.648. The zero-order chi connectivity index (χ0) is 15.8. The first-order chi connectivity index (χ1) is 10.4. The van der Waals surface area contributed by atoms with E-state index in [1.165, 1.54) is 12.1 Å². The topological polar surface area (TPSA) is 96.2 Å². The molecule has 22 heavy (non-hydrogen) atoms. The van der Waals surface area contributed by atoms with Crippen LogP contribution in [0.1, 0.15) is 11.1 Å². The molecule has 1 unspecified atom stereocenters. The summed E-state index contributed by atoms with van der Waals surface area (Å²) in [6.45, 7) is 0. The van der Waals surface area contributed by atoms with E-state index in [2.05, 4.69) is 0 Å². The molecule has 3 rings (SSSR count). The molecule has 1 heterocycles. The van der Waals surface area contributed by atoms with Crippen LogP contribution in [0.25, 0.3) is 0 Å². The SMILES string of the molecule is O=C1Cc2ccccc2OC1(OC(O)(O)O)c1ccccc1. The Labute approximate surface area is 126 Å². The van der Waals surface area contributed by atoms with Crippen LogP contribution < -0.4 is 4.74 Å². The van der Waals surface area contributed by atoms with Crippen LogP contribution in [0.3, 0.4) is 0 Å². The first-order valence-corrected chi connectivity index (χ1v) is 6.64. The number of benzene rings is 2. The van der Waals surface area contributed by atoms with Gasteiger partial charge in [0, 0.05) is 17.5 Å². The molecule has 1 aliphatic rings. The van der Waals surface area contributed by atoms with Gasteiger partial charge in [-0.15, -0.1) is 0 Å². The van der Waals surface area contributed by atoms with E-state index in [1.54, 1.807) is 42.5 Å². The van der Waals surface area contributed by atoms with Crippen LogP contribution in [0.5, 0.6) is 5.75 Å². The van der Waals surface area contributed by atoms with Crippen LogP contribution in [-0.4, -0.2) is 27.3 Å². The maximum atomic E-state index is 12.6. The smallest absolute Gasteiger partial charge is 0.408 e. The summed E-state index contributed by atoms with van der Waals surface area (Å²) in [5, 5.41) is 27.7. The van der Waals surface area contributed by atoms with Crippen molar-refractivity contribution in [2.24, 2.45) is 0 Å². The van der Waals surface area contributed by atoms with Gasteiger partial charge in [-0.2, -0.15) is 0 Å². The zero-order valence-corrected chi connectivity index (χ0v) is 11.5. The summed E-state index contributed by atoms with van der Waals surface area (Å²) in [5.41, 5.74) is 0.901. The number of carbonyl (C=O) groups excluding carboxylic acids is 1. The molecule has 0 aliphatic carbocycles. The third-order valence-electron chi connectivity index (χ3n) is 3.38. The summed E-state index contributed by atoms with van der Waals surface area (Å²) in [6, 6.07) is 14.9. The third kappa shape index (κ3) is 2.60. The minimum Gasteiger partial charge on any atom is -0.450 e. The minimum absolute atomic E-state index is 0.0266. The van der Waals surface area contributed by atoms with Crippen molar-refractivity contribution in [2.75, 3.05) is 0 Å². The number of rotatable bonds is 3. The first-order valence-electron chi connectivity index (χ1n) is 6.64. The molecule has 2 aromatic rings. The lowest BCUT2D eigenvalue weighted by Gasteiger charge is -2.38. The fourth-order valence-corrected chi connectivity index (χ4v) is 2.46. The summed E-state index contributed by atoms with van der Waals surface area (Å²) < 4.78 is 10.5. The number of hydrogen-bond donors (Lipinski definition) is 3. The zero-order valence-electron chi connectivity index (χ0n) is 11.5. The van der Waals surface area contributed by atoms with E-state index in [4.69, 9.17) is 9.47 Å². The fraction of sp³-hybridized carbons (Fsp3) is 0.188. The molecular formula is C16H14O6. The maximum absolute atomic E-state index is 12.6. The average Bonchev–Trinajstić information content (AvgIpc) is 2.47. The Morgan fingerprint density at radius 2 is 1.64 bits per heavy atom. The van der Waals surface area contributed by atoms with Gasteiger partial charge in [-0.25, -0.2) is 4.74 Å². The fourth-order valence-electron chi connectivity index (χ4n) is 2.46. The summed E-state index contributed by atoms with van der Waals surface area (Å²) in [7, 11) is 0. The second-order valence-electron chi connectivity index (χ2n) is 4.97. The molecule has 0 spiro atoms. The molecule has 0 radical (unpaired) electrons. The van der Waals surface area contributed by atoms with Gasteiger partial charge in [-0.05, 0) is 6.07 Å². The van der Waals surface area contributed by atoms with E-state index >= 15 is 0 Å². The minimum atomic E-state index is -3.52. The Hall–Kier alpha value is -2.25. The molecule has 0 saturated carbocycles. The Morgan fingerprint density at radius 1 is 1.00 bits per heavy atom. The maximum Gasteiger partial charge on any atom is 0.408 e. The highest BCUT2D eigenvalue weighted by molar-refractivity contribution is 5.91. The van der Waals surface area contributed by atoms with Crippen molar-refractivity contribution < 1.29 is 29.6 Å². The van der Waals surface area contributed by atoms with Crippen LogP contribution in [0.2, 0.25) is 0 Å². The van der Waals surface area contributed by atoms with Gasteiger partial charge in [0.05, 0.1) is 0 Å². The van der Waals surface area contributed by atoms with Crippen LogP contribution in [0.4, 0.5) is 0 Å². The lowest BCUT2D eigenvalue weighted by Crippen LogP contribution is -2.53. The Bertz CT molecular complexity index is 691. The molecule has 114 valence electrons. The molecule has 0 fully saturated rings. The van der Waals surface area contributed by atoms with Gasteiger partial charge in [0.1, 0.15) is 5.75 Å². The van der Waals surface area contributed by atoms with E-state index in [1.807, 2.05) is 0 Å². The van der Waals surface area contributed by atoms with E-state index in [0.29, 0.717) is 11.3 Å². The molecule has 0 aromatic heterocycles. The van der Waals surface area contributed by atoms with Crippen LogP contribution in [-0.2, 0) is 21.7 Å². The van der Waals surface area contributed by atoms with Gasteiger partial charge >= 0.3 is 11.9 Å². The van der Waals surface area contributed by atoms with Crippen molar-refractivity contribution >= 4 is 5.78 Å². The highest BCUT2D eigenvalue weighted by Gasteiger charge is 2.52. The number of fused-ring (bicyclic) bond motifs is 1. The van der Waals surface area contributed by atoms with Gasteiger partial charge in [0.2, 0.25) is 5.78 Å². The number of aliphatic hydroxyl groups is 3. The van der Waals surface area contributed by atoms with Gasteiger partial charge in [-0.3, -0.25) is 4.79 Å². The molecule has 0 saturated heterocycles. The highest BCUT2D eigenvalue weighted by Crippen LogP contribution is 2.39. The number of ketones is 1. The highest BCUT2D eigenvalue weighted by atomic mass is 16.9. The van der Waals surface area contributed by atoms with Crippen molar-refractivity contribution in [3.05, 3.63) is 65.7 Å². The molecule has 3 N–H and O–H groups in total. The van der Waals surface area contributed by atoms with Crippen molar-refractivity contribution in [3.63, 3.8) is 0 Å². The van der Waals surface area contributed by atoms with Crippen molar-refractivity contribution in [2.45, 2.75) is 18.4 Å². The van der Waals surface area contributed by atoms with E-state index in [-0.39, 0.29) is 12.0 Å². The van der Waals surface area contributed by atoms with E-state index in [9.17, 15) is 20.1 Å². The Kier molecular flexibility index (Phi) is 3.46. The molecule has 0 amide bonds. The average molecular weight is 302 g/mol. The van der Waals surface area contributed by atoms with Crippen molar-refractivity contribution in [1.29, 1.82) is 0 Å². The molecule has 1 atom stereocenters. The van der Waals surface area contributed by atoms with Crippen LogP contribution in [0.15, 0.2) is 54.6 Å². The Balaban J connectivity index is 2.13. The summed E-state index contributed by atoms with van der Waals surface area (Å²) in [4.78, 5) is 12.6. The number of hydrogen-bond acceptors (Lipinski definition) is 6. The molecule has 6 nitrogen and oxygen atoms in total. The summed E-state index contributed by atoms with van der Waals surface area (Å²) in [6.07, 6.45) is -3.54. The second-order valence-corrected chi connectivity index (χ2v) is 4.97. The monoisotopic (exact) mass is 302 g/mol. The number of carbonyl (C=O) groups is 1. The number of ether oxygens (including phenoxy) is 2. The number of para-hydroxylation sites is 1. The lowest BCUT2D eigenvalue weighted by atomic mass is 9.93. The molecule has 1 aliphatic heterocycles. The van der Waals surface area contributed by atoms with Crippen molar-refractivity contribution in [1.82, 2.24) is 0 Å². The molecule has 2 aromatic carbocycles. The lowest BCUT2D eigenvalue weighted by molar-refractivity contribution is -0.496. The number of Topliss-reactive ketones (excluding diaryl/α,β-unsaturated/α-hetero) is 1. The van der Waals surface area contributed by atoms with E-state index in [0.717, 1.165) is 0 Å². The summed E-state index contributed by atoms with van der Waals surface area (Å²) >= 11 is 0. The normalized spacial score (nSPS) is 21.1. The Morgan fingerprint density at radius 3 is 2.32 bits per heavy atom. The van der Waals surface area contributed by atoms with E-state index < -0.39 is 17.7 Å². The molecule has 6 heteroatoms. The van der Waals surface area contributed by atoms with Gasteiger partial charge in [0.15, 0.2) is 0 Å². The third-order valence-corrected chi connectivity index (χ3v) is 3.38. The quantitative estimate of drug-likeness (QED) is 0.720. The second kappa shape index (κ2) is 5.19. The molecule has 0 bridgehead atoms. The summed E-state index contributed by atoms with van der Waals surface area (Å²) in [5.74, 6) is -2.32. The standard InChI is InChI=1S/C16H14O6/c17-14-10-11-6-4-5-9-13(11)21-15(14,22-16(18,19)20)12-7-2-1-3-8-12/h1-9,18-20H,10H2. The first kappa shape index (κ1) is 14.7. The van der Waals surface area contributed by atoms with Crippen LogP contribution in [0, 0.1) is 0 Å². The largest absolute Gasteiger partial charge is 0.450 e. The molecular weight excluding hydrogens is 288 g/mol. The van der Waals surface area contributed by atoms with Gasteiger partial charge < -0.3 is 20.1 Å². The van der Waals surface area contributed by atoms with Crippen molar-refractivity contribution in [3.8, 4) is 5.75 Å². The van der Waals surface area contributed by atoms with Crippen LogP contribution >= 0.6 is 0 Å². The van der Waals surface area contributed by atoms with Gasteiger partial charge in [-0.1, -0.05) is 48.5 Å².